The monoisotopic (exact) mass is 396 g/mol. The molecule has 4 nitrogen and oxygen atoms in total. The van der Waals surface area contributed by atoms with Crippen LogP contribution in [0.25, 0.3) is 5.69 Å². The van der Waals surface area contributed by atoms with Gasteiger partial charge < -0.3 is 4.74 Å². The molecule has 2 heterocycles. The van der Waals surface area contributed by atoms with Crippen molar-refractivity contribution < 1.29 is 9.13 Å². The summed E-state index contributed by atoms with van der Waals surface area (Å²) in [5.41, 5.74) is 1.68. The summed E-state index contributed by atoms with van der Waals surface area (Å²) in [5, 5.41) is 3.31. The normalized spacial score (nSPS) is 20.0. The molecule has 1 aliphatic carbocycles. The Morgan fingerprint density at radius 1 is 1.31 bits per heavy atom. The number of H-pyrrole nitrogens is 1. The molecule has 1 aromatic carbocycles. The van der Waals surface area contributed by atoms with Crippen LogP contribution in [0.15, 0.2) is 16.9 Å². The number of halogens is 2. The van der Waals surface area contributed by atoms with Crippen LogP contribution < -0.4 is 10.3 Å². The number of hydrogen-bond donors (Lipinski definition) is 1. The summed E-state index contributed by atoms with van der Waals surface area (Å²) in [6.45, 7) is 0.563. The third kappa shape index (κ3) is 3.54. The lowest BCUT2D eigenvalue weighted by molar-refractivity contribution is 0.252. The third-order valence-electron chi connectivity index (χ3n) is 5.15. The Morgan fingerprint density at radius 3 is 2.92 bits per heavy atom. The molecule has 1 N–H and O–H groups in total. The van der Waals surface area contributed by atoms with Gasteiger partial charge in [0.05, 0.1) is 11.6 Å². The molecule has 1 saturated heterocycles. The van der Waals surface area contributed by atoms with Crippen molar-refractivity contribution in [1.82, 2.24) is 9.78 Å². The molecule has 1 aromatic heterocycles. The Morgan fingerprint density at radius 2 is 2.15 bits per heavy atom. The number of aryl methyl sites for hydroxylation is 1. The molecule has 1 unspecified atom stereocenters. The van der Waals surface area contributed by atoms with Crippen molar-refractivity contribution in [3.63, 3.8) is 0 Å². The van der Waals surface area contributed by atoms with E-state index in [0.717, 1.165) is 49.1 Å². The molecule has 1 aliphatic heterocycles. The Balaban J connectivity index is 1.62. The highest BCUT2D eigenvalue weighted by Crippen LogP contribution is 2.31. The van der Waals surface area contributed by atoms with E-state index in [1.807, 2.05) is 11.8 Å². The molecule has 7 heteroatoms. The number of rotatable bonds is 4. The molecule has 0 bridgehead atoms. The van der Waals surface area contributed by atoms with Crippen LogP contribution in [-0.2, 0) is 12.8 Å². The van der Waals surface area contributed by atoms with Gasteiger partial charge in [0.2, 0.25) is 0 Å². The van der Waals surface area contributed by atoms with Gasteiger partial charge in [0.1, 0.15) is 11.4 Å². The van der Waals surface area contributed by atoms with E-state index >= 15 is 0 Å². The molecule has 1 atom stereocenters. The minimum Gasteiger partial charge on any atom is -0.492 e. The van der Waals surface area contributed by atoms with Crippen LogP contribution in [0, 0.1) is 11.7 Å². The number of fused-ring (bicyclic) bond motifs is 1. The lowest BCUT2D eigenvalue weighted by atomic mass is 9.98. The summed E-state index contributed by atoms with van der Waals surface area (Å²) in [4.78, 5) is 12.7. The first-order valence-corrected chi connectivity index (χ1v) is 10.7. The summed E-state index contributed by atoms with van der Waals surface area (Å²) in [7, 11) is 0. The van der Waals surface area contributed by atoms with Gasteiger partial charge in [-0.2, -0.15) is 11.8 Å². The van der Waals surface area contributed by atoms with Crippen LogP contribution in [-0.4, -0.2) is 27.9 Å². The number of aromatic nitrogens is 2. The fraction of sp³-hybridized carbons (Fsp3) is 0.526. The third-order valence-corrected chi connectivity index (χ3v) is 6.73. The van der Waals surface area contributed by atoms with E-state index in [-0.39, 0.29) is 16.3 Å². The molecule has 2 aromatic rings. The lowest BCUT2D eigenvalue weighted by Crippen LogP contribution is -2.20. The van der Waals surface area contributed by atoms with Crippen LogP contribution in [0.2, 0.25) is 5.02 Å². The van der Waals surface area contributed by atoms with Crippen LogP contribution >= 0.6 is 23.4 Å². The van der Waals surface area contributed by atoms with Gasteiger partial charge in [-0.3, -0.25) is 9.89 Å². The molecule has 0 spiro atoms. The van der Waals surface area contributed by atoms with E-state index in [1.165, 1.54) is 29.0 Å². The van der Waals surface area contributed by atoms with Crippen molar-refractivity contribution in [3.05, 3.63) is 44.6 Å². The van der Waals surface area contributed by atoms with E-state index in [4.69, 9.17) is 16.3 Å². The van der Waals surface area contributed by atoms with E-state index in [9.17, 15) is 9.18 Å². The van der Waals surface area contributed by atoms with Crippen molar-refractivity contribution in [3.8, 4) is 11.4 Å². The van der Waals surface area contributed by atoms with E-state index in [0.29, 0.717) is 18.3 Å². The minimum atomic E-state index is -0.531. The molecule has 26 heavy (non-hydrogen) atoms. The van der Waals surface area contributed by atoms with Crippen molar-refractivity contribution in [1.29, 1.82) is 0 Å². The molecule has 0 radical (unpaired) electrons. The van der Waals surface area contributed by atoms with Gasteiger partial charge in [-0.25, -0.2) is 9.07 Å². The molecule has 4 rings (SSSR count). The van der Waals surface area contributed by atoms with Crippen molar-refractivity contribution in [2.75, 3.05) is 18.1 Å². The minimum absolute atomic E-state index is 0.168. The van der Waals surface area contributed by atoms with Gasteiger partial charge in [0, 0.05) is 23.2 Å². The zero-order valence-electron chi connectivity index (χ0n) is 14.5. The predicted octanol–water partition coefficient (Wildman–Crippen LogP) is 4.36. The number of benzene rings is 1. The molecule has 140 valence electrons. The first kappa shape index (κ1) is 18.0. The Hall–Kier alpha value is -1.40. The average molecular weight is 397 g/mol. The van der Waals surface area contributed by atoms with Gasteiger partial charge in [0.15, 0.2) is 5.82 Å². The number of nitrogens with one attached hydrogen (secondary N) is 1. The SMILES string of the molecule is O=c1c2c([nH]n1-c1cc(OCC3CCCSC3)c(Cl)cc1F)CCCC2. The number of aromatic amines is 1. The zero-order valence-corrected chi connectivity index (χ0v) is 16.1. The molecule has 1 fully saturated rings. The van der Waals surface area contributed by atoms with Crippen molar-refractivity contribution >= 4 is 23.4 Å². The molecular formula is C19H22ClFN2O2S. The number of ether oxygens (including phenoxy) is 1. The van der Waals surface area contributed by atoms with Crippen molar-refractivity contribution in [2.24, 2.45) is 5.92 Å². The van der Waals surface area contributed by atoms with Crippen LogP contribution in [0.3, 0.4) is 0 Å². The van der Waals surface area contributed by atoms with E-state index in [1.54, 1.807) is 0 Å². The first-order valence-electron chi connectivity index (χ1n) is 9.16. The summed E-state index contributed by atoms with van der Waals surface area (Å²) < 4.78 is 21.7. The topological polar surface area (TPSA) is 47.0 Å². The highest BCUT2D eigenvalue weighted by molar-refractivity contribution is 7.99. The standard InChI is InChI=1S/C19H22ClFN2O2S/c20-14-8-15(21)17(9-18(14)25-10-12-4-3-7-26-11-12)23-19(24)13-5-1-2-6-16(13)22-23/h8-9,12,22H,1-7,10-11H2. The summed E-state index contributed by atoms with van der Waals surface area (Å²) in [5.74, 6) is 2.67. The van der Waals surface area contributed by atoms with Crippen LogP contribution in [0.4, 0.5) is 4.39 Å². The predicted molar refractivity (Wildman–Crippen MR) is 104 cm³/mol. The first-order chi connectivity index (χ1) is 12.6. The maximum Gasteiger partial charge on any atom is 0.274 e. The number of nitrogens with zero attached hydrogens (tertiary/aromatic N) is 1. The van der Waals surface area contributed by atoms with Crippen molar-refractivity contribution in [2.45, 2.75) is 38.5 Å². The fourth-order valence-corrected chi connectivity index (χ4v) is 5.04. The van der Waals surface area contributed by atoms with Gasteiger partial charge in [-0.05, 0) is 56.1 Å². The highest BCUT2D eigenvalue weighted by atomic mass is 35.5. The Bertz CT molecular complexity index is 858. The largest absolute Gasteiger partial charge is 0.492 e. The summed E-state index contributed by atoms with van der Waals surface area (Å²) in [6, 6.07) is 2.77. The maximum atomic E-state index is 14.5. The fourth-order valence-electron chi connectivity index (χ4n) is 3.70. The zero-order chi connectivity index (χ0) is 18.1. The second-order valence-corrected chi connectivity index (χ2v) is 8.60. The maximum absolute atomic E-state index is 14.5. The average Bonchev–Trinajstić information content (AvgIpc) is 2.99. The molecule has 0 amide bonds. The molecule has 2 aliphatic rings. The molecule has 0 saturated carbocycles. The van der Waals surface area contributed by atoms with E-state index in [2.05, 4.69) is 5.10 Å². The Kier molecular flexibility index (Phi) is 5.32. The van der Waals surface area contributed by atoms with Crippen LogP contribution in [0.1, 0.15) is 36.9 Å². The summed E-state index contributed by atoms with van der Waals surface area (Å²) >= 11 is 8.12. The van der Waals surface area contributed by atoms with Gasteiger partial charge in [-0.15, -0.1) is 0 Å². The van der Waals surface area contributed by atoms with E-state index < -0.39 is 5.82 Å². The van der Waals surface area contributed by atoms with Gasteiger partial charge in [-0.1, -0.05) is 11.6 Å². The second kappa shape index (κ2) is 7.69. The highest BCUT2D eigenvalue weighted by Gasteiger charge is 2.21. The van der Waals surface area contributed by atoms with Crippen LogP contribution in [0.5, 0.6) is 5.75 Å². The lowest BCUT2D eigenvalue weighted by Gasteiger charge is -2.22. The second-order valence-electron chi connectivity index (χ2n) is 7.04. The van der Waals surface area contributed by atoms with Gasteiger partial charge >= 0.3 is 0 Å². The number of thioether (sulfide) groups is 1. The van der Waals surface area contributed by atoms with Gasteiger partial charge in [0.25, 0.3) is 5.56 Å². The quantitative estimate of drug-likeness (QED) is 0.835. The summed E-state index contributed by atoms with van der Waals surface area (Å²) in [6.07, 6.45) is 5.96. The Labute approximate surface area is 161 Å². The molecular weight excluding hydrogens is 375 g/mol. The number of hydrogen-bond acceptors (Lipinski definition) is 3. The smallest absolute Gasteiger partial charge is 0.274 e.